The van der Waals surface area contributed by atoms with Crippen molar-refractivity contribution < 1.29 is 4.79 Å². The number of nitrogen functional groups attached to an aromatic ring is 1. The summed E-state index contributed by atoms with van der Waals surface area (Å²) in [6.07, 6.45) is 0.842. The zero-order valence-electron chi connectivity index (χ0n) is 10.1. The molecule has 2 aromatic heterocycles. The summed E-state index contributed by atoms with van der Waals surface area (Å²) in [6.45, 7) is 2.04. The Labute approximate surface area is 110 Å². The van der Waals surface area contributed by atoms with Gasteiger partial charge in [0.05, 0.1) is 6.04 Å². The molecule has 94 valence electrons. The van der Waals surface area contributed by atoms with E-state index in [4.69, 9.17) is 5.73 Å². The Kier molecular flexibility index (Phi) is 3.94. The third-order valence-corrected chi connectivity index (χ3v) is 3.59. The van der Waals surface area contributed by atoms with E-state index in [0.717, 1.165) is 11.3 Å². The topological polar surface area (TPSA) is 68.0 Å². The number of pyridine rings is 1. The third kappa shape index (κ3) is 2.87. The van der Waals surface area contributed by atoms with Crippen molar-refractivity contribution in [1.82, 2.24) is 10.3 Å². The Morgan fingerprint density at radius 2 is 2.28 bits per heavy atom. The number of carbonyl (C=O) groups is 1. The van der Waals surface area contributed by atoms with Gasteiger partial charge in [0.25, 0.3) is 5.91 Å². The van der Waals surface area contributed by atoms with Gasteiger partial charge in [-0.05, 0) is 30.0 Å². The van der Waals surface area contributed by atoms with Crippen LogP contribution in [-0.2, 0) is 0 Å². The van der Waals surface area contributed by atoms with Gasteiger partial charge in [-0.25, -0.2) is 4.98 Å². The molecule has 0 radical (unpaired) electrons. The maximum absolute atomic E-state index is 12.0. The monoisotopic (exact) mass is 261 g/mol. The SMILES string of the molecule is CCC(NC(=O)c1cccc(N)n1)c1cccs1. The predicted octanol–water partition coefficient (Wildman–Crippen LogP) is 2.61. The number of hydrogen-bond acceptors (Lipinski definition) is 4. The second kappa shape index (κ2) is 5.64. The second-order valence-corrected chi connectivity index (χ2v) is 4.88. The van der Waals surface area contributed by atoms with Gasteiger partial charge in [-0.15, -0.1) is 11.3 Å². The van der Waals surface area contributed by atoms with E-state index in [1.54, 1.807) is 29.5 Å². The lowest BCUT2D eigenvalue weighted by atomic mass is 10.2. The fraction of sp³-hybridized carbons (Fsp3) is 0.231. The number of rotatable bonds is 4. The summed E-state index contributed by atoms with van der Waals surface area (Å²) < 4.78 is 0. The number of nitrogens with two attached hydrogens (primary N) is 1. The number of hydrogen-bond donors (Lipinski definition) is 2. The number of anilines is 1. The molecule has 2 aromatic rings. The Bertz CT molecular complexity index is 525. The van der Waals surface area contributed by atoms with E-state index in [1.165, 1.54) is 0 Å². The van der Waals surface area contributed by atoms with E-state index < -0.39 is 0 Å². The number of nitrogens with zero attached hydrogens (tertiary/aromatic N) is 1. The highest BCUT2D eigenvalue weighted by Crippen LogP contribution is 2.21. The molecule has 0 aromatic carbocycles. The molecule has 2 heterocycles. The average molecular weight is 261 g/mol. The van der Waals surface area contributed by atoms with E-state index in [9.17, 15) is 4.79 Å². The molecule has 4 nitrogen and oxygen atoms in total. The molecular weight excluding hydrogens is 246 g/mol. The van der Waals surface area contributed by atoms with Crippen LogP contribution >= 0.6 is 11.3 Å². The minimum absolute atomic E-state index is 0.0285. The van der Waals surface area contributed by atoms with Crippen LogP contribution in [0.25, 0.3) is 0 Å². The quantitative estimate of drug-likeness (QED) is 0.889. The molecule has 1 amide bonds. The predicted molar refractivity (Wildman–Crippen MR) is 73.5 cm³/mol. The molecule has 0 saturated heterocycles. The van der Waals surface area contributed by atoms with Crippen molar-refractivity contribution in [3.05, 3.63) is 46.3 Å². The Hall–Kier alpha value is -1.88. The summed E-state index contributed by atoms with van der Waals surface area (Å²) >= 11 is 1.64. The maximum atomic E-state index is 12.0. The maximum Gasteiger partial charge on any atom is 0.270 e. The van der Waals surface area contributed by atoms with E-state index in [2.05, 4.69) is 10.3 Å². The summed E-state index contributed by atoms with van der Waals surface area (Å²) in [5, 5.41) is 4.97. The van der Waals surface area contributed by atoms with Gasteiger partial charge in [0.2, 0.25) is 0 Å². The van der Waals surface area contributed by atoms with Gasteiger partial charge in [0, 0.05) is 4.88 Å². The highest BCUT2D eigenvalue weighted by molar-refractivity contribution is 7.10. The number of amides is 1. The summed E-state index contributed by atoms with van der Waals surface area (Å²) in [6, 6.07) is 9.07. The summed E-state index contributed by atoms with van der Waals surface area (Å²) in [7, 11) is 0. The number of carbonyl (C=O) groups excluding carboxylic acids is 1. The molecule has 0 bridgehead atoms. The van der Waals surface area contributed by atoms with Crippen molar-refractivity contribution in [3.8, 4) is 0 Å². The first-order valence-electron chi connectivity index (χ1n) is 5.77. The molecule has 0 aliphatic carbocycles. The molecule has 0 saturated carbocycles. The molecule has 1 unspecified atom stereocenters. The van der Waals surface area contributed by atoms with Crippen LogP contribution in [0.1, 0.15) is 34.8 Å². The lowest BCUT2D eigenvalue weighted by Gasteiger charge is -2.15. The van der Waals surface area contributed by atoms with Crippen molar-refractivity contribution in [3.63, 3.8) is 0 Å². The Balaban J connectivity index is 2.11. The molecule has 0 aliphatic rings. The van der Waals surface area contributed by atoms with E-state index in [1.807, 2.05) is 24.4 Å². The molecular formula is C13H15N3OS. The normalized spacial score (nSPS) is 12.1. The Morgan fingerprint density at radius 3 is 2.89 bits per heavy atom. The molecule has 5 heteroatoms. The van der Waals surface area contributed by atoms with Gasteiger partial charge in [-0.1, -0.05) is 19.1 Å². The minimum atomic E-state index is -0.192. The van der Waals surface area contributed by atoms with Crippen LogP contribution in [0.4, 0.5) is 5.82 Å². The van der Waals surface area contributed by atoms with E-state index >= 15 is 0 Å². The highest BCUT2D eigenvalue weighted by Gasteiger charge is 2.15. The van der Waals surface area contributed by atoms with Crippen LogP contribution in [0.15, 0.2) is 35.7 Å². The van der Waals surface area contributed by atoms with Crippen molar-refractivity contribution in [2.24, 2.45) is 0 Å². The van der Waals surface area contributed by atoms with Crippen LogP contribution in [0.2, 0.25) is 0 Å². The first-order valence-corrected chi connectivity index (χ1v) is 6.65. The van der Waals surface area contributed by atoms with Crippen LogP contribution in [0.3, 0.4) is 0 Å². The van der Waals surface area contributed by atoms with Crippen LogP contribution in [-0.4, -0.2) is 10.9 Å². The molecule has 18 heavy (non-hydrogen) atoms. The number of nitrogens with one attached hydrogen (secondary N) is 1. The molecule has 0 aliphatic heterocycles. The lowest BCUT2D eigenvalue weighted by Crippen LogP contribution is -2.28. The van der Waals surface area contributed by atoms with Crippen molar-refractivity contribution in [2.75, 3.05) is 5.73 Å². The first-order chi connectivity index (χ1) is 8.70. The van der Waals surface area contributed by atoms with Gasteiger partial charge in [-0.2, -0.15) is 0 Å². The fourth-order valence-corrected chi connectivity index (χ4v) is 2.54. The van der Waals surface area contributed by atoms with Crippen LogP contribution in [0, 0.1) is 0 Å². The highest BCUT2D eigenvalue weighted by atomic mass is 32.1. The molecule has 3 N–H and O–H groups in total. The average Bonchev–Trinajstić information content (AvgIpc) is 2.89. The van der Waals surface area contributed by atoms with Gasteiger partial charge in [0.15, 0.2) is 0 Å². The van der Waals surface area contributed by atoms with Gasteiger partial charge in [0.1, 0.15) is 11.5 Å². The van der Waals surface area contributed by atoms with E-state index in [-0.39, 0.29) is 11.9 Å². The molecule has 0 fully saturated rings. The standard InChI is InChI=1S/C13H15N3OS/c1-2-9(11-6-4-8-18-11)16-13(17)10-5-3-7-12(14)15-10/h3-9H,2H2,1H3,(H2,14,15)(H,16,17). The Morgan fingerprint density at radius 1 is 1.44 bits per heavy atom. The number of aromatic nitrogens is 1. The van der Waals surface area contributed by atoms with Crippen molar-refractivity contribution >= 4 is 23.1 Å². The molecule has 2 rings (SSSR count). The number of thiophene rings is 1. The summed E-state index contributed by atoms with van der Waals surface area (Å²) in [5.74, 6) is 0.161. The molecule has 1 atom stereocenters. The van der Waals surface area contributed by atoms with Crippen molar-refractivity contribution in [1.29, 1.82) is 0 Å². The van der Waals surface area contributed by atoms with E-state index in [0.29, 0.717) is 11.5 Å². The van der Waals surface area contributed by atoms with Gasteiger partial charge in [-0.3, -0.25) is 4.79 Å². The summed E-state index contributed by atoms with van der Waals surface area (Å²) in [4.78, 5) is 17.2. The second-order valence-electron chi connectivity index (χ2n) is 3.90. The third-order valence-electron chi connectivity index (χ3n) is 2.60. The first kappa shape index (κ1) is 12.6. The molecule has 0 spiro atoms. The lowest BCUT2D eigenvalue weighted by molar-refractivity contribution is 0.0931. The summed E-state index contributed by atoms with van der Waals surface area (Å²) in [5.41, 5.74) is 5.92. The van der Waals surface area contributed by atoms with Gasteiger partial charge < -0.3 is 11.1 Å². The smallest absolute Gasteiger partial charge is 0.270 e. The van der Waals surface area contributed by atoms with Gasteiger partial charge >= 0.3 is 0 Å². The van der Waals surface area contributed by atoms with Crippen LogP contribution in [0.5, 0.6) is 0 Å². The zero-order chi connectivity index (χ0) is 13.0. The van der Waals surface area contributed by atoms with Crippen molar-refractivity contribution in [2.45, 2.75) is 19.4 Å². The fourth-order valence-electron chi connectivity index (χ4n) is 1.67. The largest absolute Gasteiger partial charge is 0.384 e. The van der Waals surface area contributed by atoms with Crippen LogP contribution < -0.4 is 11.1 Å². The zero-order valence-corrected chi connectivity index (χ0v) is 10.9. The minimum Gasteiger partial charge on any atom is -0.384 e.